The zero-order chi connectivity index (χ0) is 18.5. The fourth-order valence-corrected chi connectivity index (χ4v) is 3.35. The highest BCUT2D eigenvalue weighted by molar-refractivity contribution is 7.13. The predicted molar refractivity (Wildman–Crippen MR) is 100 cm³/mol. The first-order chi connectivity index (χ1) is 12.5. The molecule has 0 saturated carbocycles. The van der Waals surface area contributed by atoms with Crippen molar-refractivity contribution in [1.82, 2.24) is 14.7 Å². The molecular formula is C19H19N3O3S. The topological polar surface area (TPSA) is 75.4 Å². The summed E-state index contributed by atoms with van der Waals surface area (Å²) in [5.41, 5.74) is 2.70. The van der Waals surface area contributed by atoms with Crippen LogP contribution >= 0.6 is 11.3 Å². The molecule has 0 aliphatic heterocycles. The van der Waals surface area contributed by atoms with Gasteiger partial charge < -0.3 is 10.0 Å². The number of thiophene rings is 1. The standard InChI is InChI=1S/C19H19N3O3S/c1-21(17(23)9-10-18(24)25)12-14-13-22(15-6-3-2-4-7-15)20-19(14)16-8-5-11-26-16/h2-8,11,13H,9-10,12H2,1H3,(H,24,25). The molecule has 1 N–H and O–H groups in total. The maximum absolute atomic E-state index is 12.2. The van der Waals surface area contributed by atoms with Crippen molar-refractivity contribution >= 4 is 23.2 Å². The lowest BCUT2D eigenvalue weighted by Crippen LogP contribution is -2.26. The van der Waals surface area contributed by atoms with E-state index in [9.17, 15) is 9.59 Å². The van der Waals surface area contributed by atoms with Gasteiger partial charge in [0.25, 0.3) is 0 Å². The number of carbonyl (C=O) groups excluding carboxylic acids is 1. The van der Waals surface area contributed by atoms with Gasteiger partial charge in [-0.15, -0.1) is 11.3 Å². The molecule has 0 aliphatic carbocycles. The summed E-state index contributed by atoms with van der Waals surface area (Å²) in [7, 11) is 1.68. The van der Waals surface area contributed by atoms with Gasteiger partial charge in [0.2, 0.25) is 5.91 Å². The summed E-state index contributed by atoms with van der Waals surface area (Å²) in [6.07, 6.45) is 1.75. The number of aromatic nitrogens is 2. The molecule has 3 rings (SSSR count). The Balaban J connectivity index is 1.86. The number of amides is 1. The van der Waals surface area contributed by atoms with E-state index in [4.69, 9.17) is 10.2 Å². The molecule has 0 fully saturated rings. The lowest BCUT2D eigenvalue weighted by molar-refractivity contribution is -0.140. The summed E-state index contributed by atoms with van der Waals surface area (Å²) in [4.78, 5) is 25.4. The summed E-state index contributed by atoms with van der Waals surface area (Å²) in [6, 6.07) is 13.7. The number of rotatable bonds is 7. The molecule has 6 nitrogen and oxygen atoms in total. The SMILES string of the molecule is CN(Cc1cn(-c2ccccc2)nc1-c1cccs1)C(=O)CCC(=O)O. The van der Waals surface area contributed by atoms with Crippen molar-refractivity contribution in [2.75, 3.05) is 7.05 Å². The fraction of sp³-hybridized carbons (Fsp3) is 0.211. The van der Waals surface area contributed by atoms with Crippen LogP contribution in [0.1, 0.15) is 18.4 Å². The van der Waals surface area contributed by atoms with Crippen LogP contribution in [0.5, 0.6) is 0 Å². The minimum Gasteiger partial charge on any atom is -0.481 e. The molecular weight excluding hydrogens is 350 g/mol. The normalized spacial score (nSPS) is 10.7. The number of aliphatic carboxylic acids is 1. The number of carbonyl (C=O) groups is 2. The van der Waals surface area contributed by atoms with Crippen LogP contribution in [0.2, 0.25) is 0 Å². The van der Waals surface area contributed by atoms with Gasteiger partial charge in [0.05, 0.1) is 17.0 Å². The number of hydrogen-bond acceptors (Lipinski definition) is 4. The van der Waals surface area contributed by atoms with Crippen molar-refractivity contribution in [1.29, 1.82) is 0 Å². The summed E-state index contributed by atoms with van der Waals surface area (Å²) in [5, 5.41) is 15.4. The summed E-state index contributed by atoms with van der Waals surface area (Å²) < 4.78 is 1.81. The molecule has 0 unspecified atom stereocenters. The second kappa shape index (κ2) is 7.97. The number of nitrogens with zero attached hydrogens (tertiary/aromatic N) is 3. The molecule has 1 aromatic carbocycles. The van der Waals surface area contributed by atoms with Crippen LogP contribution in [0.15, 0.2) is 54.0 Å². The third-order valence-electron chi connectivity index (χ3n) is 3.95. The molecule has 26 heavy (non-hydrogen) atoms. The second-order valence-corrected chi connectivity index (χ2v) is 6.85. The van der Waals surface area contributed by atoms with E-state index in [1.165, 1.54) is 0 Å². The number of para-hydroxylation sites is 1. The third-order valence-corrected chi connectivity index (χ3v) is 4.83. The highest BCUT2D eigenvalue weighted by atomic mass is 32.1. The zero-order valence-electron chi connectivity index (χ0n) is 14.3. The van der Waals surface area contributed by atoms with Gasteiger partial charge in [0.1, 0.15) is 5.69 Å². The molecule has 0 radical (unpaired) electrons. The number of hydrogen-bond donors (Lipinski definition) is 1. The van der Waals surface area contributed by atoms with Crippen molar-refractivity contribution in [2.45, 2.75) is 19.4 Å². The Bertz CT molecular complexity index is 888. The van der Waals surface area contributed by atoms with E-state index in [1.54, 1.807) is 28.0 Å². The second-order valence-electron chi connectivity index (χ2n) is 5.90. The van der Waals surface area contributed by atoms with E-state index < -0.39 is 5.97 Å². The third kappa shape index (κ3) is 4.18. The molecule has 0 aliphatic rings. The zero-order valence-corrected chi connectivity index (χ0v) is 15.1. The minimum atomic E-state index is -0.970. The first-order valence-corrected chi connectivity index (χ1v) is 9.06. The monoisotopic (exact) mass is 369 g/mol. The van der Waals surface area contributed by atoms with Crippen molar-refractivity contribution < 1.29 is 14.7 Å². The Morgan fingerprint density at radius 3 is 2.58 bits per heavy atom. The van der Waals surface area contributed by atoms with Crippen LogP contribution in [0.4, 0.5) is 0 Å². The number of carboxylic acid groups (broad SMARTS) is 1. The highest BCUT2D eigenvalue weighted by Crippen LogP contribution is 2.28. The highest BCUT2D eigenvalue weighted by Gasteiger charge is 2.17. The van der Waals surface area contributed by atoms with Gasteiger partial charge in [0.15, 0.2) is 0 Å². The Hall–Kier alpha value is -2.93. The molecule has 1 amide bonds. The Morgan fingerprint density at radius 1 is 1.15 bits per heavy atom. The smallest absolute Gasteiger partial charge is 0.303 e. The maximum Gasteiger partial charge on any atom is 0.303 e. The number of carboxylic acids is 1. The summed E-state index contributed by atoms with van der Waals surface area (Å²) >= 11 is 1.59. The van der Waals surface area contributed by atoms with Crippen molar-refractivity contribution in [3.8, 4) is 16.3 Å². The van der Waals surface area contributed by atoms with Crippen LogP contribution in [-0.4, -0.2) is 38.7 Å². The van der Waals surface area contributed by atoms with E-state index in [-0.39, 0.29) is 18.7 Å². The van der Waals surface area contributed by atoms with E-state index in [2.05, 4.69) is 0 Å². The summed E-state index contributed by atoms with van der Waals surface area (Å²) in [5.74, 6) is -1.17. The first kappa shape index (κ1) is 17.9. The molecule has 134 valence electrons. The predicted octanol–water partition coefficient (Wildman–Crippen LogP) is 3.42. The number of benzene rings is 1. The van der Waals surface area contributed by atoms with Crippen LogP contribution in [0.3, 0.4) is 0 Å². The molecule has 3 aromatic rings. The Morgan fingerprint density at radius 2 is 1.92 bits per heavy atom. The van der Waals surface area contributed by atoms with Gasteiger partial charge in [-0.3, -0.25) is 9.59 Å². The average Bonchev–Trinajstić information content (AvgIpc) is 3.29. The van der Waals surface area contributed by atoms with E-state index in [1.807, 2.05) is 54.0 Å². The van der Waals surface area contributed by atoms with Crippen molar-refractivity contribution in [2.24, 2.45) is 0 Å². The van der Waals surface area contributed by atoms with Crippen LogP contribution in [0.25, 0.3) is 16.3 Å². The van der Waals surface area contributed by atoms with E-state index in [0.29, 0.717) is 6.54 Å². The molecule has 2 aromatic heterocycles. The maximum atomic E-state index is 12.2. The largest absolute Gasteiger partial charge is 0.481 e. The van der Waals surface area contributed by atoms with E-state index in [0.717, 1.165) is 21.8 Å². The van der Waals surface area contributed by atoms with Gasteiger partial charge >= 0.3 is 5.97 Å². The van der Waals surface area contributed by atoms with Crippen molar-refractivity contribution in [3.05, 3.63) is 59.6 Å². The molecule has 7 heteroatoms. The van der Waals surface area contributed by atoms with Crippen LogP contribution < -0.4 is 0 Å². The molecule has 0 bridgehead atoms. The van der Waals surface area contributed by atoms with Gasteiger partial charge in [-0.05, 0) is 23.6 Å². The molecule has 2 heterocycles. The minimum absolute atomic E-state index is 0.00695. The Kier molecular flexibility index (Phi) is 5.48. The first-order valence-electron chi connectivity index (χ1n) is 8.18. The van der Waals surface area contributed by atoms with Crippen LogP contribution in [-0.2, 0) is 16.1 Å². The van der Waals surface area contributed by atoms with E-state index >= 15 is 0 Å². The van der Waals surface area contributed by atoms with Gasteiger partial charge in [-0.1, -0.05) is 24.3 Å². The quantitative estimate of drug-likeness (QED) is 0.692. The molecule has 0 spiro atoms. The van der Waals surface area contributed by atoms with Gasteiger partial charge in [-0.25, -0.2) is 4.68 Å². The lowest BCUT2D eigenvalue weighted by atomic mass is 10.2. The average molecular weight is 369 g/mol. The fourth-order valence-electron chi connectivity index (χ4n) is 2.61. The Labute approximate surface area is 155 Å². The van der Waals surface area contributed by atoms with Gasteiger partial charge in [-0.2, -0.15) is 5.10 Å². The van der Waals surface area contributed by atoms with Crippen molar-refractivity contribution in [3.63, 3.8) is 0 Å². The summed E-state index contributed by atoms with van der Waals surface area (Å²) in [6.45, 7) is 0.374. The lowest BCUT2D eigenvalue weighted by Gasteiger charge is -2.16. The van der Waals surface area contributed by atoms with Crippen LogP contribution in [0, 0.1) is 0 Å². The molecule has 0 saturated heterocycles. The van der Waals surface area contributed by atoms with Gasteiger partial charge in [0, 0.05) is 31.8 Å². The molecule has 0 atom stereocenters.